The predicted molar refractivity (Wildman–Crippen MR) is 130 cm³/mol. The molecule has 0 bridgehead atoms. The molecule has 1 aliphatic heterocycles. The number of pyridine rings is 1. The van der Waals surface area contributed by atoms with Crippen LogP contribution in [-0.2, 0) is 4.74 Å². The Hall–Kier alpha value is -3.91. The van der Waals surface area contributed by atoms with Crippen molar-refractivity contribution < 1.29 is 23.4 Å². The summed E-state index contributed by atoms with van der Waals surface area (Å²) in [5.74, 6) is -0.151. The number of carbonyl (C=O) groups is 1. The lowest BCUT2D eigenvalue weighted by Gasteiger charge is -2.24. The van der Waals surface area contributed by atoms with Gasteiger partial charge in [-0.05, 0) is 39.0 Å². The van der Waals surface area contributed by atoms with Crippen molar-refractivity contribution in [1.29, 1.82) is 5.26 Å². The number of carbonyl (C=O) groups excluding carboxylic acids is 1. The van der Waals surface area contributed by atoms with Gasteiger partial charge < -0.3 is 24.4 Å². The monoisotopic (exact) mass is 514 g/mol. The van der Waals surface area contributed by atoms with E-state index in [4.69, 9.17) is 31.1 Å². The number of amides is 1. The molecule has 3 heterocycles. The van der Waals surface area contributed by atoms with Gasteiger partial charge in [0.25, 0.3) is 0 Å². The number of fused-ring (bicyclic) bond motifs is 1. The molecule has 0 spiro atoms. The van der Waals surface area contributed by atoms with Crippen molar-refractivity contribution in [3.05, 3.63) is 41.4 Å². The van der Waals surface area contributed by atoms with Crippen LogP contribution in [0, 0.1) is 17.1 Å². The summed E-state index contributed by atoms with van der Waals surface area (Å²) < 4.78 is 31.4. The second-order valence-corrected chi connectivity index (χ2v) is 9.38. The van der Waals surface area contributed by atoms with Gasteiger partial charge in [-0.25, -0.2) is 24.1 Å². The van der Waals surface area contributed by atoms with Crippen LogP contribution in [0.3, 0.4) is 0 Å². The van der Waals surface area contributed by atoms with Gasteiger partial charge in [0, 0.05) is 19.0 Å². The molecule has 2 aromatic heterocycles. The third kappa shape index (κ3) is 5.83. The first-order valence-electron chi connectivity index (χ1n) is 11.2. The molecule has 1 amide bonds. The number of nitrogens with zero attached hydrogens (tertiary/aromatic N) is 5. The van der Waals surface area contributed by atoms with E-state index in [0.717, 1.165) is 0 Å². The molecule has 1 aromatic carbocycles. The van der Waals surface area contributed by atoms with Crippen LogP contribution in [0.2, 0.25) is 5.02 Å². The highest BCUT2D eigenvalue weighted by molar-refractivity contribution is 6.32. The lowest BCUT2D eigenvalue weighted by atomic mass is 10.2. The summed E-state index contributed by atoms with van der Waals surface area (Å²) in [6.45, 7) is 6.08. The number of likely N-dealkylation sites (tertiary alicyclic amines) is 1. The van der Waals surface area contributed by atoms with E-state index in [1.54, 1.807) is 23.1 Å². The highest BCUT2D eigenvalue weighted by Crippen LogP contribution is 2.34. The van der Waals surface area contributed by atoms with Crippen LogP contribution in [0.5, 0.6) is 11.6 Å². The van der Waals surface area contributed by atoms with Crippen LogP contribution in [0.4, 0.5) is 20.7 Å². The fourth-order valence-electron chi connectivity index (χ4n) is 3.54. The van der Waals surface area contributed by atoms with Gasteiger partial charge in [0.15, 0.2) is 18.2 Å². The number of rotatable bonds is 6. The topological polar surface area (TPSA) is 122 Å². The highest BCUT2D eigenvalue weighted by Gasteiger charge is 2.31. The maximum absolute atomic E-state index is 14.8. The van der Waals surface area contributed by atoms with Crippen LogP contribution in [0.1, 0.15) is 27.2 Å². The van der Waals surface area contributed by atoms with Crippen LogP contribution >= 0.6 is 11.6 Å². The molecule has 188 valence electrons. The van der Waals surface area contributed by atoms with Crippen LogP contribution in [0.25, 0.3) is 11.0 Å². The van der Waals surface area contributed by atoms with Crippen LogP contribution < -0.4 is 14.8 Å². The normalized spacial score (nSPS) is 15.4. The average Bonchev–Trinajstić information content (AvgIpc) is 3.29. The van der Waals surface area contributed by atoms with E-state index in [0.29, 0.717) is 36.4 Å². The van der Waals surface area contributed by atoms with Gasteiger partial charge in [0.05, 0.1) is 17.7 Å². The first-order valence-corrected chi connectivity index (χ1v) is 11.5. The molecule has 1 fully saturated rings. The summed E-state index contributed by atoms with van der Waals surface area (Å²) in [4.78, 5) is 26.8. The molecule has 0 unspecified atom stereocenters. The number of nitriles is 1. The lowest BCUT2D eigenvalue weighted by Crippen LogP contribution is -2.36. The lowest BCUT2D eigenvalue weighted by molar-refractivity contribution is 0.0275. The molecule has 0 saturated carbocycles. The minimum absolute atomic E-state index is 0.0428. The Balaban J connectivity index is 1.51. The van der Waals surface area contributed by atoms with Crippen molar-refractivity contribution in [2.45, 2.75) is 38.9 Å². The van der Waals surface area contributed by atoms with E-state index in [9.17, 15) is 9.18 Å². The Morgan fingerprint density at radius 2 is 2.11 bits per heavy atom. The zero-order valence-electron chi connectivity index (χ0n) is 19.9. The second kappa shape index (κ2) is 10.4. The predicted octanol–water partition coefficient (Wildman–Crippen LogP) is 4.85. The van der Waals surface area contributed by atoms with Gasteiger partial charge in [0.2, 0.25) is 5.88 Å². The molecule has 1 aliphatic rings. The number of nitrogens with one attached hydrogen (secondary N) is 1. The van der Waals surface area contributed by atoms with Gasteiger partial charge in [-0.2, -0.15) is 5.26 Å². The molecule has 4 rings (SSSR count). The zero-order chi connectivity index (χ0) is 25.9. The molecule has 10 nitrogen and oxygen atoms in total. The number of hydrogen-bond acceptors (Lipinski definition) is 9. The Morgan fingerprint density at radius 1 is 1.31 bits per heavy atom. The first kappa shape index (κ1) is 25.2. The van der Waals surface area contributed by atoms with Crippen molar-refractivity contribution in [3.8, 4) is 17.7 Å². The maximum atomic E-state index is 14.8. The fraction of sp³-hybridized carbons (Fsp3) is 0.375. The number of hydrogen-bond donors (Lipinski definition) is 1. The molecule has 1 atom stereocenters. The number of benzene rings is 1. The Labute approximate surface area is 212 Å². The summed E-state index contributed by atoms with van der Waals surface area (Å²) in [5.41, 5.74) is 0.341. The van der Waals surface area contributed by atoms with Crippen molar-refractivity contribution in [1.82, 2.24) is 19.9 Å². The fourth-order valence-corrected chi connectivity index (χ4v) is 3.76. The second-order valence-electron chi connectivity index (χ2n) is 9.01. The van der Waals surface area contributed by atoms with Crippen molar-refractivity contribution in [2.75, 3.05) is 25.0 Å². The standard InChI is InChI=1S/C24H24ClFN6O4/c1-24(2,3)36-23(33)32-10-8-14(12-32)35-18-7-5-16-21(31-18)22(29-13-28-16)30-15-4-6-17(34-11-9-27)19(25)20(15)26/h4-7,13-14H,8,10-12H2,1-3H3,(H,28,29,30)/t14-/m0/s1. The van der Waals surface area contributed by atoms with Crippen LogP contribution in [0.15, 0.2) is 30.6 Å². The summed E-state index contributed by atoms with van der Waals surface area (Å²) in [5, 5.41) is 11.3. The maximum Gasteiger partial charge on any atom is 0.410 e. The molecular weight excluding hydrogens is 491 g/mol. The van der Waals surface area contributed by atoms with Gasteiger partial charge in [-0.15, -0.1) is 0 Å². The van der Waals surface area contributed by atoms with Gasteiger partial charge in [-0.1, -0.05) is 11.6 Å². The Bertz CT molecular complexity index is 1330. The van der Waals surface area contributed by atoms with E-state index in [-0.39, 0.29) is 41.1 Å². The molecule has 1 saturated heterocycles. The summed E-state index contributed by atoms with van der Waals surface area (Å²) >= 11 is 6.05. The van der Waals surface area contributed by atoms with E-state index in [1.165, 1.54) is 18.5 Å². The minimum atomic E-state index is -0.764. The largest absolute Gasteiger partial charge is 0.477 e. The third-order valence-corrected chi connectivity index (χ3v) is 5.48. The molecule has 1 N–H and O–H groups in total. The molecule has 0 aliphatic carbocycles. The number of anilines is 2. The van der Waals surface area contributed by atoms with E-state index < -0.39 is 11.4 Å². The molecule has 3 aromatic rings. The highest BCUT2D eigenvalue weighted by atomic mass is 35.5. The quantitative estimate of drug-likeness (QED) is 0.491. The van der Waals surface area contributed by atoms with E-state index >= 15 is 0 Å². The van der Waals surface area contributed by atoms with Crippen molar-refractivity contribution in [3.63, 3.8) is 0 Å². The summed E-state index contributed by atoms with van der Waals surface area (Å²) in [7, 11) is 0. The molecule has 0 radical (unpaired) electrons. The number of halogens is 2. The molecular formula is C24H24ClFN6O4. The number of aromatic nitrogens is 3. The van der Waals surface area contributed by atoms with Gasteiger partial charge in [-0.3, -0.25) is 0 Å². The summed E-state index contributed by atoms with van der Waals surface area (Å²) in [6.07, 6.45) is 1.30. The van der Waals surface area contributed by atoms with Gasteiger partial charge >= 0.3 is 6.09 Å². The van der Waals surface area contributed by atoms with Crippen LogP contribution in [-0.4, -0.2) is 57.3 Å². The zero-order valence-corrected chi connectivity index (χ0v) is 20.7. The van der Waals surface area contributed by atoms with Gasteiger partial charge in [0.1, 0.15) is 40.4 Å². The van der Waals surface area contributed by atoms with Crippen molar-refractivity contribution >= 4 is 40.2 Å². The Morgan fingerprint density at radius 3 is 2.86 bits per heavy atom. The first-order chi connectivity index (χ1) is 17.1. The minimum Gasteiger partial charge on any atom is -0.477 e. The summed E-state index contributed by atoms with van der Waals surface area (Å²) in [6, 6.07) is 8.07. The Kier molecular flexibility index (Phi) is 7.26. The molecule has 36 heavy (non-hydrogen) atoms. The van der Waals surface area contributed by atoms with Crippen molar-refractivity contribution in [2.24, 2.45) is 0 Å². The number of ether oxygens (including phenoxy) is 3. The smallest absolute Gasteiger partial charge is 0.410 e. The third-order valence-electron chi connectivity index (χ3n) is 5.13. The van der Waals surface area contributed by atoms with E-state index in [1.807, 2.05) is 20.8 Å². The van der Waals surface area contributed by atoms with E-state index in [2.05, 4.69) is 20.3 Å². The SMILES string of the molecule is CC(C)(C)OC(=O)N1CC[C@H](Oc2ccc3ncnc(Nc4ccc(OCC#N)c(Cl)c4F)c3n2)C1. The molecule has 12 heteroatoms. The average molecular weight is 515 g/mol.